The maximum atomic E-state index is 12.8. The molecule has 0 bridgehead atoms. The summed E-state index contributed by atoms with van der Waals surface area (Å²) in [4.78, 5) is 26.9. The van der Waals surface area contributed by atoms with Crippen LogP contribution in [0.25, 0.3) is 0 Å². The highest BCUT2D eigenvalue weighted by Crippen LogP contribution is 2.43. The maximum Gasteiger partial charge on any atom is 0.355 e. The number of β-lactam (4-membered cyclic amide) rings is 1. The third kappa shape index (κ3) is 4.31. The first kappa shape index (κ1) is 21.0. The topological polar surface area (TPSA) is 65.1 Å². The number of nitrogens with zero attached hydrogens (tertiary/aromatic N) is 1. The zero-order valence-electron chi connectivity index (χ0n) is 16.4. The molecule has 1 fully saturated rings. The van der Waals surface area contributed by atoms with Crippen LogP contribution in [0, 0.1) is 0 Å². The number of carbonyl (C=O) groups excluding carboxylic acids is 2. The highest BCUT2D eigenvalue weighted by Gasteiger charge is 2.55. The fourth-order valence-corrected chi connectivity index (χ4v) is 4.68. The lowest BCUT2D eigenvalue weighted by atomic mass is 10.0. The second kappa shape index (κ2) is 8.35. The van der Waals surface area contributed by atoms with Crippen molar-refractivity contribution >= 4 is 35.2 Å². The van der Waals surface area contributed by atoms with Crippen LogP contribution in [0.2, 0.25) is 0 Å². The summed E-state index contributed by atoms with van der Waals surface area (Å²) in [5.74, 6) is 0.687. The van der Waals surface area contributed by atoms with Gasteiger partial charge >= 0.3 is 5.97 Å². The molecule has 8 heteroatoms. The summed E-state index contributed by atoms with van der Waals surface area (Å²) in [5, 5.41) is -0.234. The second-order valence-electron chi connectivity index (χ2n) is 7.57. The van der Waals surface area contributed by atoms with Crippen molar-refractivity contribution < 1.29 is 23.8 Å². The molecule has 0 aromatic heterocycles. The SMILES string of the molecule is COc1ccc(COC(=O)C2=C(CCl)CS[C@@H]3[C@@H](OC(C)(C)C)C(=O)N23)cc1. The van der Waals surface area contributed by atoms with Gasteiger partial charge in [0.1, 0.15) is 23.4 Å². The van der Waals surface area contributed by atoms with E-state index in [9.17, 15) is 9.59 Å². The molecule has 28 heavy (non-hydrogen) atoms. The van der Waals surface area contributed by atoms with Crippen molar-refractivity contribution in [1.29, 1.82) is 0 Å². The van der Waals surface area contributed by atoms with Gasteiger partial charge in [0, 0.05) is 11.6 Å². The van der Waals surface area contributed by atoms with E-state index in [0.29, 0.717) is 11.3 Å². The molecule has 0 radical (unpaired) electrons. The number of amides is 1. The Labute approximate surface area is 174 Å². The normalized spacial score (nSPS) is 21.9. The molecule has 1 amide bonds. The molecule has 0 spiro atoms. The lowest BCUT2D eigenvalue weighted by Gasteiger charge is -2.50. The molecule has 0 N–H and O–H groups in total. The molecule has 1 aromatic rings. The van der Waals surface area contributed by atoms with Crippen LogP contribution in [-0.4, -0.2) is 52.6 Å². The summed E-state index contributed by atoms with van der Waals surface area (Å²) >= 11 is 7.59. The molecule has 2 heterocycles. The summed E-state index contributed by atoms with van der Waals surface area (Å²) in [7, 11) is 1.59. The standard InChI is InChI=1S/C20H24ClNO5S/c1-20(2,3)27-16-17(23)22-15(13(9-21)11-28-18(16)22)19(24)26-10-12-5-7-14(25-4)8-6-12/h5-8,16,18H,9-11H2,1-4H3/t16-,18+/m0/s1. The Morgan fingerprint density at radius 2 is 1.96 bits per heavy atom. The van der Waals surface area contributed by atoms with Crippen LogP contribution in [0.4, 0.5) is 0 Å². The van der Waals surface area contributed by atoms with Gasteiger partial charge in [-0.25, -0.2) is 4.79 Å². The Hall–Kier alpha value is -1.70. The Morgan fingerprint density at radius 1 is 1.29 bits per heavy atom. The number of hydrogen-bond acceptors (Lipinski definition) is 6. The third-order valence-corrected chi connectivity index (χ3v) is 6.00. The summed E-state index contributed by atoms with van der Waals surface area (Å²) in [6.45, 7) is 5.81. The minimum atomic E-state index is -0.564. The van der Waals surface area contributed by atoms with Crippen molar-refractivity contribution in [3.63, 3.8) is 0 Å². The van der Waals surface area contributed by atoms with Gasteiger partial charge < -0.3 is 14.2 Å². The van der Waals surface area contributed by atoms with Gasteiger partial charge in [0.25, 0.3) is 5.91 Å². The van der Waals surface area contributed by atoms with Crippen LogP contribution < -0.4 is 4.74 Å². The monoisotopic (exact) mass is 425 g/mol. The van der Waals surface area contributed by atoms with Gasteiger partial charge in [-0.15, -0.1) is 23.4 Å². The van der Waals surface area contributed by atoms with E-state index in [2.05, 4.69) is 0 Å². The van der Waals surface area contributed by atoms with Crippen molar-refractivity contribution in [1.82, 2.24) is 4.90 Å². The first-order valence-corrected chi connectivity index (χ1v) is 10.5. The van der Waals surface area contributed by atoms with Crippen molar-refractivity contribution in [2.45, 2.75) is 44.5 Å². The highest BCUT2D eigenvalue weighted by atomic mass is 35.5. The number of esters is 1. The number of fused-ring (bicyclic) bond motifs is 1. The second-order valence-corrected chi connectivity index (χ2v) is 8.94. The number of thioether (sulfide) groups is 1. The van der Waals surface area contributed by atoms with Crippen LogP contribution in [-0.2, 0) is 25.7 Å². The van der Waals surface area contributed by atoms with Crippen LogP contribution in [0.3, 0.4) is 0 Å². The molecule has 0 saturated carbocycles. The van der Waals surface area contributed by atoms with Crippen molar-refractivity contribution in [3.8, 4) is 5.75 Å². The summed E-state index contributed by atoms with van der Waals surface area (Å²) in [6.07, 6.45) is -0.564. The summed E-state index contributed by atoms with van der Waals surface area (Å²) in [6, 6.07) is 7.25. The van der Waals surface area contributed by atoms with Gasteiger partial charge in [-0.3, -0.25) is 9.69 Å². The molecule has 3 rings (SSSR count). The predicted molar refractivity (Wildman–Crippen MR) is 108 cm³/mol. The number of methoxy groups -OCH3 is 1. The molecule has 0 aliphatic carbocycles. The number of ether oxygens (including phenoxy) is 3. The van der Waals surface area contributed by atoms with E-state index in [0.717, 1.165) is 11.3 Å². The number of hydrogen-bond donors (Lipinski definition) is 0. The molecule has 152 valence electrons. The molecule has 6 nitrogen and oxygen atoms in total. The first-order valence-electron chi connectivity index (χ1n) is 8.95. The lowest BCUT2D eigenvalue weighted by Crippen LogP contribution is -2.67. The molecule has 2 aliphatic heterocycles. The van der Waals surface area contributed by atoms with Gasteiger partial charge in [0.15, 0.2) is 6.10 Å². The fourth-order valence-electron chi connectivity index (χ4n) is 3.03. The van der Waals surface area contributed by atoms with Gasteiger partial charge in [-0.1, -0.05) is 12.1 Å². The van der Waals surface area contributed by atoms with E-state index in [4.69, 9.17) is 25.8 Å². The number of carbonyl (C=O) groups is 2. The molecule has 1 saturated heterocycles. The minimum absolute atomic E-state index is 0.101. The summed E-state index contributed by atoms with van der Waals surface area (Å²) < 4.78 is 16.5. The smallest absolute Gasteiger partial charge is 0.355 e. The van der Waals surface area contributed by atoms with Crippen molar-refractivity contribution in [2.75, 3.05) is 18.7 Å². The molecule has 2 aliphatic rings. The molecule has 2 atom stereocenters. The third-order valence-electron chi connectivity index (χ3n) is 4.36. The quantitative estimate of drug-likeness (QED) is 0.395. The van der Waals surface area contributed by atoms with E-state index in [1.54, 1.807) is 31.0 Å². The van der Waals surface area contributed by atoms with E-state index in [1.807, 2.05) is 32.9 Å². The van der Waals surface area contributed by atoms with Crippen LogP contribution in [0.15, 0.2) is 35.5 Å². The number of halogens is 1. The summed E-state index contributed by atoms with van der Waals surface area (Å²) in [5.41, 5.74) is 1.34. The van der Waals surface area contributed by atoms with Gasteiger partial charge in [-0.05, 0) is 44.0 Å². The minimum Gasteiger partial charge on any atom is -0.497 e. The highest BCUT2D eigenvalue weighted by molar-refractivity contribution is 8.00. The lowest BCUT2D eigenvalue weighted by molar-refractivity contribution is -0.178. The van der Waals surface area contributed by atoms with E-state index in [-0.39, 0.29) is 29.5 Å². The Kier molecular flexibility index (Phi) is 6.27. The first-order chi connectivity index (χ1) is 13.2. The van der Waals surface area contributed by atoms with E-state index < -0.39 is 17.7 Å². The Balaban J connectivity index is 1.72. The van der Waals surface area contributed by atoms with E-state index in [1.165, 1.54) is 4.90 Å². The number of alkyl halides is 1. The fraction of sp³-hybridized carbons (Fsp3) is 0.500. The number of rotatable bonds is 6. The average molecular weight is 426 g/mol. The molecule has 0 unspecified atom stereocenters. The van der Waals surface area contributed by atoms with E-state index >= 15 is 0 Å². The van der Waals surface area contributed by atoms with Gasteiger partial charge in [0.2, 0.25) is 0 Å². The predicted octanol–water partition coefficient (Wildman–Crippen LogP) is 3.33. The average Bonchev–Trinajstić information content (AvgIpc) is 2.68. The molecular formula is C20H24ClNO5S. The van der Waals surface area contributed by atoms with Crippen molar-refractivity contribution in [2.24, 2.45) is 0 Å². The largest absolute Gasteiger partial charge is 0.497 e. The van der Waals surface area contributed by atoms with Crippen LogP contribution in [0.1, 0.15) is 26.3 Å². The Bertz CT molecular complexity index is 787. The molecular weight excluding hydrogens is 402 g/mol. The number of benzene rings is 1. The van der Waals surface area contributed by atoms with Gasteiger partial charge in [0.05, 0.1) is 12.7 Å². The maximum absolute atomic E-state index is 12.8. The van der Waals surface area contributed by atoms with Gasteiger partial charge in [-0.2, -0.15) is 0 Å². The zero-order valence-corrected chi connectivity index (χ0v) is 17.9. The van der Waals surface area contributed by atoms with Crippen LogP contribution >= 0.6 is 23.4 Å². The van der Waals surface area contributed by atoms with Crippen LogP contribution in [0.5, 0.6) is 5.75 Å². The zero-order chi connectivity index (χ0) is 20.5. The van der Waals surface area contributed by atoms with Crippen molar-refractivity contribution in [3.05, 3.63) is 41.1 Å². The Morgan fingerprint density at radius 3 is 2.54 bits per heavy atom. The molecule has 1 aromatic carbocycles.